The van der Waals surface area contributed by atoms with Crippen molar-refractivity contribution in [1.82, 2.24) is 9.88 Å². The van der Waals surface area contributed by atoms with Gasteiger partial charge >= 0.3 is 0 Å². The van der Waals surface area contributed by atoms with Gasteiger partial charge in [-0.15, -0.1) is 0 Å². The Labute approximate surface area is 148 Å². The van der Waals surface area contributed by atoms with E-state index < -0.39 is 0 Å². The predicted molar refractivity (Wildman–Crippen MR) is 96.7 cm³/mol. The summed E-state index contributed by atoms with van der Waals surface area (Å²) in [4.78, 5) is 28.5. The van der Waals surface area contributed by atoms with Crippen molar-refractivity contribution in [2.24, 2.45) is 12.0 Å². The molecule has 128 valence electrons. The van der Waals surface area contributed by atoms with E-state index >= 15 is 0 Å². The highest BCUT2D eigenvalue weighted by molar-refractivity contribution is 7.16. The summed E-state index contributed by atoms with van der Waals surface area (Å²) in [5.74, 6) is 0.0487. The van der Waals surface area contributed by atoms with Gasteiger partial charge in [0.25, 0.3) is 0 Å². The third kappa shape index (κ3) is 4.33. The number of amides is 2. The summed E-state index contributed by atoms with van der Waals surface area (Å²) >= 11 is 1.47. The minimum Gasteiger partial charge on any atom is -0.465 e. The van der Waals surface area contributed by atoms with Crippen molar-refractivity contribution >= 4 is 39.4 Å². The number of carbonyl (C=O) groups is 2. The molecular weight excluding hydrogens is 338 g/mol. The Kier molecular flexibility index (Phi) is 5.25. The molecule has 1 aromatic carbocycles. The van der Waals surface area contributed by atoms with Crippen molar-refractivity contribution in [3.8, 4) is 0 Å². The average Bonchev–Trinajstić information content (AvgIpc) is 3.22. The molecule has 0 radical (unpaired) electrons. The molecule has 0 atom stereocenters. The summed E-state index contributed by atoms with van der Waals surface area (Å²) in [6, 6.07) is 11.4. The van der Waals surface area contributed by atoms with E-state index in [4.69, 9.17) is 4.42 Å². The lowest BCUT2D eigenvalue weighted by Gasteiger charge is -1.99. The lowest BCUT2D eigenvalue weighted by molar-refractivity contribution is -0.118. The minimum absolute atomic E-state index is 0.147. The summed E-state index contributed by atoms with van der Waals surface area (Å²) in [6.45, 7) is 0.234. The number of aromatic nitrogens is 1. The van der Waals surface area contributed by atoms with Crippen molar-refractivity contribution in [3.63, 3.8) is 0 Å². The van der Waals surface area contributed by atoms with Gasteiger partial charge in [0.05, 0.1) is 16.5 Å². The number of furan rings is 1. The van der Waals surface area contributed by atoms with Gasteiger partial charge < -0.3 is 14.3 Å². The number of benzene rings is 1. The van der Waals surface area contributed by atoms with Crippen LogP contribution in [0.1, 0.15) is 12.2 Å². The van der Waals surface area contributed by atoms with Gasteiger partial charge in [-0.2, -0.15) is 4.99 Å². The molecule has 0 unspecified atom stereocenters. The van der Waals surface area contributed by atoms with E-state index in [-0.39, 0.29) is 24.8 Å². The second-order valence-corrected chi connectivity index (χ2v) is 6.32. The lowest BCUT2D eigenvalue weighted by atomic mass is 10.3. The van der Waals surface area contributed by atoms with Crippen LogP contribution in [-0.4, -0.2) is 22.9 Å². The van der Waals surface area contributed by atoms with E-state index in [1.54, 1.807) is 18.2 Å². The lowest BCUT2D eigenvalue weighted by Crippen LogP contribution is -2.24. The van der Waals surface area contributed by atoms with E-state index in [1.807, 2.05) is 35.9 Å². The van der Waals surface area contributed by atoms with Crippen molar-refractivity contribution in [2.45, 2.75) is 6.42 Å². The second kappa shape index (κ2) is 7.76. The van der Waals surface area contributed by atoms with Gasteiger partial charge in [0.15, 0.2) is 4.80 Å². The standard InChI is InChI=1S/C18H17N3O3S/c1-21-14-6-2-3-7-15(14)25-18(21)20-17(23)10-11-19-16(22)9-8-13-5-4-12-24-13/h2-9,12H,10-11H2,1H3,(H,19,22)/b9-8+,20-18?. The van der Waals surface area contributed by atoms with E-state index in [9.17, 15) is 9.59 Å². The third-order valence-electron chi connectivity index (χ3n) is 3.52. The number of thiazole rings is 1. The van der Waals surface area contributed by atoms with Crippen LogP contribution in [0, 0.1) is 0 Å². The first kappa shape index (κ1) is 16.9. The molecule has 6 nitrogen and oxygen atoms in total. The zero-order valence-electron chi connectivity index (χ0n) is 13.6. The van der Waals surface area contributed by atoms with Crippen LogP contribution in [0.5, 0.6) is 0 Å². The molecule has 2 amide bonds. The number of para-hydroxylation sites is 1. The molecule has 2 heterocycles. The van der Waals surface area contributed by atoms with Crippen LogP contribution in [-0.2, 0) is 16.6 Å². The number of fused-ring (bicyclic) bond motifs is 1. The number of carbonyl (C=O) groups excluding carboxylic acids is 2. The number of hydrogen-bond donors (Lipinski definition) is 1. The Hall–Kier alpha value is -2.93. The van der Waals surface area contributed by atoms with E-state index in [2.05, 4.69) is 10.3 Å². The van der Waals surface area contributed by atoms with Crippen LogP contribution in [0.2, 0.25) is 0 Å². The highest BCUT2D eigenvalue weighted by atomic mass is 32.1. The molecular formula is C18H17N3O3S. The number of hydrogen-bond acceptors (Lipinski definition) is 4. The molecule has 2 aromatic heterocycles. The quantitative estimate of drug-likeness (QED) is 0.714. The van der Waals surface area contributed by atoms with Gasteiger partial charge in [0, 0.05) is 26.1 Å². The molecule has 0 saturated carbocycles. The Balaban J connectivity index is 1.55. The number of nitrogens with one attached hydrogen (secondary N) is 1. The van der Waals surface area contributed by atoms with Crippen LogP contribution in [0.3, 0.4) is 0 Å². The molecule has 0 saturated heterocycles. The van der Waals surface area contributed by atoms with Crippen molar-refractivity contribution in [1.29, 1.82) is 0 Å². The fraction of sp³-hybridized carbons (Fsp3) is 0.167. The summed E-state index contributed by atoms with van der Waals surface area (Å²) in [7, 11) is 1.88. The van der Waals surface area contributed by atoms with Crippen LogP contribution < -0.4 is 10.1 Å². The predicted octanol–water partition coefficient (Wildman–Crippen LogP) is 2.48. The molecule has 0 aliphatic heterocycles. The summed E-state index contributed by atoms with van der Waals surface area (Å²) in [5.41, 5.74) is 1.04. The Bertz CT molecular complexity index is 981. The van der Waals surface area contributed by atoms with Gasteiger partial charge in [-0.25, -0.2) is 0 Å². The first-order valence-electron chi connectivity index (χ1n) is 7.75. The second-order valence-electron chi connectivity index (χ2n) is 5.31. The molecule has 1 N–H and O–H groups in total. The van der Waals surface area contributed by atoms with Gasteiger partial charge in [0.1, 0.15) is 5.76 Å². The van der Waals surface area contributed by atoms with Crippen LogP contribution >= 0.6 is 11.3 Å². The number of rotatable bonds is 5. The molecule has 0 spiro atoms. The number of nitrogens with zero attached hydrogens (tertiary/aromatic N) is 2. The smallest absolute Gasteiger partial charge is 0.250 e. The minimum atomic E-state index is -0.281. The summed E-state index contributed by atoms with van der Waals surface area (Å²) in [6.07, 6.45) is 4.62. The highest BCUT2D eigenvalue weighted by Gasteiger charge is 2.05. The molecule has 0 fully saturated rings. The Morgan fingerprint density at radius 3 is 2.88 bits per heavy atom. The van der Waals surface area contributed by atoms with E-state index in [0.29, 0.717) is 10.6 Å². The normalized spacial score (nSPS) is 12.1. The average molecular weight is 355 g/mol. The maximum atomic E-state index is 12.0. The maximum absolute atomic E-state index is 12.0. The van der Waals surface area contributed by atoms with E-state index in [0.717, 1.165) is 10.2 Å². The van der Waals surface area contributed by atoms with Gasteiger partial charge in [-0.3, -0.25) is 9.59 Å². The molecule has 3 aromatic rings. The highest BCUT2D eigenvalue weighted by Crippen LogP contribution is 2.15. The fourth-order valence-corrected chi connectivity index (χ4v) is 3.28. The monoisotopic (exact) mass is 355 g/mol. The molecule has 3 rings (SSSR count). The largest absolute Gasteiger partial charge is 0.465 e. The fourth-order valence-electron chi connectivity index (χ4n) is 2.25. The Morgan fingerprint density at radius 1 is 1.28 bits per heavy atom. The summed E-state index contributed by atoms with van der Waals surface area (Å²) < 4.78 is 8.06. The van der Waals surface area contributed by atoms with Crippen LogP contribution in [0.4, 0.5) is 0 Å². The zero-order valence-corrected chi connectivity index (χ0v) is 14.5. The first-order chi connectivity index (χ1) is 12.1. The Morgan fingerprint density at radius 2 is 2.12 bits per heavy atom. The van der Waals surface area contributed by atoms with Crippen molar-refractivity contribution < 1.29 is 14.0 Å². The molecule has 25 heavy (non-hydrogen) atoms. The number of aryl methyl sites for hydroxylation is 1. The van der Waals surface area contributed by atoms with Gasteiger partial charge in [0.2, 0.25) is 11.8 Å². The molecule has 0 aliphatic rings. The molecule has 0 bridgehead atoms. The zero-order chi connectivity index (χ0) is 17.6. The van der Waals surface area contributed by atoms with Gasteiger partial charge in [-0.1, -0.05) is 23.5 Å². The maximum Gasteiger partial charge on any atom is 0.250 e. The van der Waals surface area contributed by atoms with Crippen LogP contribution in [0.15, 0.2) is 58.1 Å². The van der Waals surface area contributed by atoms with Crippen LogP contribution in [0.25, 0.3) is 16.3 Å². The van der Waals surface area contributed by atoms with E-state index in [1.165, 1.54) is 23.7 Å². The van der Waals surface area contributed by atoms with Crippen molar-refractivity contribution in [3.05, 3.63) is 59.3 Å². The summed E-state index contributed by atoms with van der Waals surface area (Å²) in [5, 5.41) is 2.65. The third-order valence-corrected chi connectivity index (χ3v) is 4.63. The topological polar surface area (TPSA) is 76.6 Å². The SMILES string of the molecule is Cn1c(=NC(=O)CCNC(=O)/C=C/c2ccco2)sc2ccccc21. The molecule has 0 aliphatic carbocycles. The van der Waals surface area contributed by atoms with Crippen molar-refractivity contribution in [2.75, 3.05) is 6.54 Å². The first-order valence-corrected chi connectivity index (χ1v) is 8.56. The van der Waals surface area contributed by atoms with Gasteiger partial charge in [-0.05, 0) is 30.3 Å². The molecule has 7 heteroatoms.